The van der Waals surface area contributed by atoms with Crippen molar-refractivity contribution in [1.82, 2.24) is 4.98 Å². The first-order chi connectivity index (χ1) is 12.4. The molecule has 0 radical (unpaired) electrons. The van der Waals surface area contributed by atoms with Crippen LogP contribution in [0.2, 0.25) is 0 Å². The van der Waals surface area contributed by atoms with Gasteiger partial charge in [0.15, 0.2) is 0 Å². The van der Waals surface area contributed by atoms with Crippen molar-refractivity contribution < 1.29 is 19.3 Å². The molecule has 0 unspecified atom stereocenters. The van der Waals surface area contributed by atoms with Gasteiger partial charge in [-0.1, -0.05) is 36.4 Å². The minimum absolute atomic E-state index is 0.0378. The Bertz CT molecular complexity index is 801. The van der Waals surface area contributed by atoms with E-state index in [1.165, 1.54) is 0 Å². The fourth-order valence-electron chi connectivity index (χ4n) is 2.49. The molecule has 0 aliphatic heterocycles. The summed E-state index contributed by atoms with van der Waals surface area (Å²) in [5.74, 6) is 1.45. The quantitative estimate of drug-likeness (QED) is 0.607. The highest BCUT2D eigenvalue weighted by molar-refractivity contribution is 5.84. The fourth-order valence-corrected chi connectivity index (χ4v) is 2.49. The highest BCUT2D eigenvalue weighted by Crippen LogP contribution is 2.22. The summed E-state index contributed by atoms with van der Waals surface area (Å²) in [4.78, 5) is 4.35. The van der Waals surface area contributed by atoms with Crippen molar-refractivity contribution in [2.24, 2.45) is 0 Å². The topological polar surface area (TPSA) is 60.8 Å². The second-order valence-electron chi connectivity index (χ2n) is 5.41. The standard InChI is InChI=1S/C20H21NO4/c22-15-17-5-1-2-8-18(17)24-13-11-23-12-14-25-19-9-3-6-16-7-4-10-21-20(16)19/h1-10,22H,11-15H2. The van der Waals surface area contributed by atoms with E-state index in [9.17, 15) is 5.11 Å². The molecular formula is C20H21NO4. The fraction of sp³-hybridized carbons (Fsp3) is 0.250. The summed E-state index contributed by atoms with van der Waals surface area (Å²) in [6.45, 7) is 1.75. The van der Waals surface area contributed by atoms with E-state index in [1.54, 1.807) is 6.20 Å². The number of ether oxygens (including phenoxy) is 3. The van der Waals surface area contributed by atoms with Crippen molar-refractivity contribution in [2.45, 2.75) is 6.61 Å². The predicted octanol–water partition coefficient (Wildman–Crippen LogP) is 3.20. The Morgan fingerprint density at radius 1 is 0.760 bits per heavy atom. The maximum atomic E-state index is 9.24. The number of fused-ring (bicyclic) bond motifs is 1. The number of nitrogens with zero attached hydrogens (tertiary/aromatic N) is 1. The van der Waals surface area contributed by atoms with Gasteiger partial charge in [-0.25, -0.2) is 0 Å². The molecule has 130 valence electrons. The molecule has 0 bridgehead atoms. The number of aromatic nitrogens is 1. The van der Waals surface area contributed by atoms with Gasteiger partial charge in [-0.3, -0.25) is 4.98 Å². The molecule has 1 aromatic heterocycles. The largest absolute Gasteiger partial charge is 0.491 e. The first-order valence-electron chi connectivity index (χ1n) is 8.24. The third-order valence-corrected chi connectivity index (χ3v) is 3.71. The Balaban J connectivity index is 1.38. The van der Waals surface area contributed by atoms with E-state index in [2.05, 4.69) is 4.98 Å². The van der Waals surface area contributed by atoms with Gasteiger partial charge in [-0.05, 0) is 18.2 Å². The van der Waals surface area contributed by atoms with Gasteiger partial charge in [0, 0.05) is 17.1 Å². The number of hydrogen-bond acceptors (Lipinski definition) is 5. The van der Waals surface area contributed by atoms with Crippen LogP contribution < -0.4 is 9.47 Å². The molecule has 0 aliphatic carbocycles. The van der Waals surface area contributed by atoms with Crippen LogP contribution in [0.1, 0.15) is 5.56 Å². The van der Waals surface area contributed by atoms with Gasteiger partial charge in [0.05, 0.1) is 19.8 Å². The van der Waals surface area contributed by atoms with Crippen LogP contribution in [0.5, 0.6) is 11.5 Å². The summed E-state index contributed by atoms with van der Waals surface area (Å²) in [5, 5.41) is 10.3. The molecule has 3 aromatic rings. The van der Waals surface area contributed by atoms with Crippen molar-refractivity contribution in [3.63, 3.8) is 0 Å². The van der Waals surface area contributed by atoms with Crippen molar-refractivity contribution in [2.75, 3.05) is 26.4 Å². The number of para-hydroxylation sites is 2. The van der Waals surface area contributed by atoms with Crippen LogP contribution in [0.15, 0.2) is 60.8 Å². The monoisotopic (exact) mass is 339 g/mol. The zero-order chi connectivity index (χ0) is 17.3. The lowest BCUT2D eigenvalue weighted by Gasteiger charge is -2.11. The SMILES string of the molecule is OCc1ccccc1OCCOCCOc1cccc2cccnc12. The summed E-state index contributed by atoms with van der Waals surface area (Å²) in [7, 11) is 0. The molecule has 0 saturated heterocycles. The van der Waals surface area contributed by atoms with Crippen LogP contribution in [-0.4, -0.2) is 36.5 Å². The van der Waals surface area contributed by atoms with Gasteiger partial charge in [-0.2, -0.15) is 0 Å². The molecule has 0 amide bonds. The second kappa shape index (κ2) is 9.01. The van der Waals surface area contributed by atoms with Gasteiger partial charge in [0.25, 0.3) is 0 Å². The van der Waals surface area contributed by atoms with Crippen molar-refractivity contribution in [3.8, 4) is 11.5 Å². The van der Waals surface area contributed by atoms with Crippen LogP contribution in [0.3, 0.4) is 0 Å². The molecule has 0 fully saturated rings. The summed E-state index contributed by atoms with van der Waals surface area (Å²) in [5.41, 5.74) is 1.63. The van der Waals surface area contributed by atoms with Crippen LogP contribution in [0.25, 0.3) is 10.9 Å². The van der Waals surface area contributed by atoms with E-state index < -0.39 is 0 Å². The zero-order valence-corrected chi connectivity index (χ0v) is 13.9. The van der Waals surface area contributed by atoms with E-state index in [0.29, 0.717) is 32.2 Å². The number of rotatable bonds is 9. The Morgan fingerprint density at radius 3 is 2.32 bits per heavy atom. The van der Waals surface area contributed by atoms with Gasteiger partial charge in [-0.15, -0.1) is 0 Å². The van der Waals surface area contributed by atoms with Gasteiger partial charge < -0.3 is 19.3 Å². The first-order valence-corrected chi connectivity index (χ1v) is 8.24. The lowest BCUT2D eigenvalue weighted by atomic mass is 10.2. The lowest BCUT2D eigenvalue weighted by molar-refractivity contribution is 0.0761. The van der Waals surface area contributed by atoms with Crippen LogP contribution >= 0.6 is 0 Å². The summed E-state index contributed by atoms with van der Waals surface area (Å²) >= 11 is 0. The Kier molecular flexibility index (Phi) is 6.20. The summed E-state index contributed by atoms with van der Waals surface area (Å²) in [6.07, 6.45) is 1.76. The van der Waals surface area contributed by atoms with E-state index in [1.807, 2.05) is 54.6 Å². The number of aliphatic hydroxyl groups is 1. The van der Waals surface area contributed by atoms with Gasteiger partial charge in [0.1, 0.15) is 30.2 Å². The maximum Gasteiger partial charge on any atom is 0.145 e. The molecular weight excluding hydrogens is 318 g/mol. The summed E-state index contributed by atoms with van der Waals surface area (Å²) < 4.78 is 16.9. The average Bonchev–Trinajstić information content (AvgIpc) is 2.67. The molecule has 0 aliphatic rings. The number of hydrogen-bond donors (Lipinski definition) is 1. The molecule has 2 aromatic carbocycles. The molecule has 3 rings (SSSR count). The molecule has 5 nitrogen and oxygen atoms in total. The number of aliphatic hydroxyl groups excluding tert-OH is 1. The molecule has 1 heterocycles. The summed E-state index contributed by atoms with van der Waals surface area (Å²) in [6, 6.07) is 17.2. The predicted molar refractivity (Wildman–Crippen MR) is 95.9 cm³/mol. The third-order valence-electron chi connectivity index (χ3n) is 3.71. The first kappa shape index (κ1) is 17.2. The number of pyridine rings is 1. The van der Waals surface area contributed by atoms with E-state index in [0.717, 1.165) is 22.2 Å². The van der Waals surface area contributed by atoms with Gasteiger partial charge in [0.2, 0.25) is 0 Å². The van der Waals surface area contributed by atoms with E-state index in [-0.39, 0.29) is 6.61 Å². The third kappa shape index (κ3) is 4.68. The van der Waals surface area contributed by atoms with Crippen molar-refractivity contribution >= 4 is 10.9 Å². The van der Waals surface area contributed by atoms with Crippen LogP contribution in [0.4, 0.5) is 0 Å². The Hall–Kier alpha value is -2.63. The molecule has 0 spiro atoms. The van der Waals surface area contributed by atoms with Crippen molar-refractivity contribution in [1.29, 1.82) is 0 Å². The maximum absolute atomic E-state index is 9.24. The molecule has 5 heteroatoms. The van der Waals surface area contributed by atoms with Crippen molar-refractivity contribution in [3.05, 3.63) is 66.4 Å². The Morgan fingerprint density at radius 2 is 1.48 bits per heavy atom. The molecule has 1 N–H and O–H groups in total. The second-order valence-corrected chi connectivity index (χ2v) is 5.41. The normalized spacial score (nSPS) is 10.8. The molecule has 0 saturated carbocycles. The highest BCUT2D eigenvalue weighted by atomic mass is 16.5. The van der Waals surface area contributed by atoms with Gasteiger partial charge >= 0.3 is 0 Å². The molecule has 0 atom stereocenters. The smallest absolute Gasteiger partial charge is 0.145 e. The minimum Gasteiger partial charge on any atom is -0.491 e. The lowest BCUT2D eigenvalue weighted by Crippen LogP contribution is -2.12. The van der Waals surface area contributed by atoms with Crippen LogP contribution in [-0.2, 0) is 11.3 Å². The van der Waals surface area contributed by atoms with E-state index in [4.69, 9.17) is 14.2 Å². The Labute approximate surface area is 146 Å². The minimum atomic E-state index is -0.0378. The highest BCUT2D eigenvalue weighted by Gasteiger charge is 2.03. The average molecular weight is 339 g/mol. The van der Waals surface area contributed by atoms with E-state index >= 15 is 0 Å². The molecule has 25 heavy (non-hydrogen) atoms. The van der Waals surface area contributed by atoms with Crippen LogP contribution in [0, 0.1) is 0 Å². The number of benzene rings is 2. The zero-order valence-electron chi connectivity index (χ0n) is 13.9.